The van der Waals surface area contributed by atoms with Crippen LogP contribution in [0.25, 0.3) is 0 Å². The van der Waals surface area contributed by atoms with E-state index in [2.05, 4.69) is 4.65 Å². The summed E-state index contributed by atoms with van der Waals surface area (Å²) in [6, 6.07) is 0. The lowest BCUT2D eigenvalue weighted by atomic mass is 9.65. The predicted octanol–water partition coefficient (Wildman–Crippen LogP) is -1.30. The SMILES string of the molecule is CC(=O)O[B][B]O. The summed E-state index contributed by atoms with van der Waals surface area (Å²) in [6.07, 6.45) is 0. The first kappa shape index (κ1) is 6.56. The molecule has 0 fully saturated rings. The van der Waals surface area contributed by atoms with Crippen LogP contribution in [0.1, 0.15) is 6.92 Å². The van der Waals surface area contributed by atoms with Gasteiger partial charge in [0.2, 0.25) is 0 Å². The third-order valence-corrected chi connectivity index (χ3v) is 0.295. The zero-order valence-corrected chi connectivity index (χ0v) is 3.92. The van der Waals surface area contributed by atoms with Gasteiger partial charge in [-0.1, -0.05) is 0 Å². The average molecular weight is 97.7 g/mol. The lowest BCUT2D eigenvalue weighted by Gasteiger charge is -1.90. The number of rotatable bonds is 2. The Bertz CT molecular complexity index is 64.0. The summed E-state index contributed by atoms with van der Waals surface area (Å²) < 4.78 is 4.12. The van der Waals surface area contributed by atoms with Gasteiger partial charge in [0.25, 0.3) is 13.3 Å². The van der Waals surface area contributed by atoms with Crippen molar-refractivity contribution in [1.82, 2.24) is 0 Å². The maximum Gasteiger partial charge on any atom is 0.358 e. The van der Waals surface area contributed by atoms with Gasteiger partial charge in [-0.15, -0.1) is 0 Å². The summed E-state index contributed by atoms with van der Waals surface area (Å²) >= 11 is 0. The highest BCUT2D eigenvalue weighted by Crippen LogP contribution is 1.66. The minimum Gasteiger partial charge on any atom is -0.545 e. The Hall–Kier alpha value is -0.440. The van der Waals surface area contributed by atoms with Gasteiger partial charge in [0.1, 0.15) is 0 Å². The van der Waals surface area contributed by atoms with Crippen LogP contribution in [0.3, 0.4) is 0 Å². The van der Waals surface area contributed by atoms with Crippen molar-refractivity contribution in [3.8, 4) is 0 Å². The first-order valence-corrected chi connectivity index (χ1v) is 1.74. The van der Waals surface area contributed by atoms with Crippen LogP contribution >= 0.6 is 0 Å². The molecule has 0 aliphatic carbocycles. The molecule has 0 saturated heterocycles. The molecule has 0 aromatic heterocycles. The Labute approximate surface area is 43.2 Å². The monoisotopic (exact) mass is 98.0 g/mol. The molecule has 0 amide bonds. The zero-order valence-electron chi connectivity index (χ0n) is 3.92. The highest BCUT2D eigenvalue weighted by atomic mass is 16.5. The summed E-state index contributed by atoms with van der Waals surface area (Å²) in [5, 5.41) is 7.86. The molecule has 7 heavy (non-hydrogen) atoms. The molecule has 2 radical (unpaired) electrons. The Morgan fingerprint density at radius 2 is 2.43 bits per heavy atom. The molecule has 0 spiro atoms. The van der Waals surface area contributed by atoms with Gasteiger partial charge in [-0.2, -0.15) is 0 Å². The van der Waals surface area contributed by atoms with Crippen molar-refractivity contribution in [2.75, 3.05) is 0 Å². The van der Waals surface area contributed by atoms with E-state index in [0.29, 0.717) is 7.37 Å². The van der Waals surface area contributed by atoms with E-state index < -0.39 is 5.97 Å². The van der Waals surface area contributed by atoms with Crippen molar-refractivity contribution >= 4 is 20.7 Å². The van der Waals surface area contributed by atoms with Gasteiger partial charge in [0.15, 0.2) is 0 Å². The molecule has 0 heterocycles. The Morgan fingerprint density at radius 3 is 2.57 bits per heavy atom. The highest BCUT2D eigenvalue weighted by Gasteiger charge is 1.93. The van der Waals surface area contributed by atoms with Crippen molar-refractivity contribution < 1.29 is 14.5 Å². The summed E-state index contributed by atoms with van der Waals surface area (Å²) in [5.74, 6) is -0.440. The standard InChI is InChI=1S/C2H4B2O3/c1-2(5)7-4-3-6/h6H,1H3. The first-order chi connectivity index (χ1) is 3.27. The minimum atomic E-state index is -0.440. The van der Waals surface area contributed by atoms with Crippen LogP contribution in [0, 0.1) is 0 Å². The number of carbonyl (C=O) groups excluding carboxylic acids is 1. The third kappa shape index (κ3) is 5.56. The average Bonchev–Trinajstić information content (AvgIpc) is 1.61. The minimum absolute atomic E-state index is 0.440. The number of carbonyl (C=O) groups is 1. The molecule has 0 bridgehead atoms. The van der Waals surface area contributed by atoms with Gasteiger partial charge in [-0.25, -0.2) is 0 Å². The molecule has 0 rings (SSSR count). The molecule has 0 unspecified atom stereocenters. The van der Waals surface area contributed by atoms with Gasteiger partial charge in [0.05, 0.1) is 0 Å². The first-order valence-electron chi connectivity index (χ1n) is 1.74. The van der Waals surface area contributed by atoms with E-state index in [9.17, 15) is 4.79 Å². The van der Waals surface area contributed by atoms with Crippen LogP contribution in [0.15, 0.2) is 0 Å². The van der Waals surface area contributed by atoms with Gasteiger partial charge in [0, 0.05) is 6.92 Å². The Balaban J connectivity index is 2.82. The quantitative estimate of drug-likeness (QED) is 0.436. The fourth-order valence-corrected chi connectivity index (χ4v) is 0.126. The fourth-order valence-electron chi connectivity index (χ4n) is 0.126. The molecule has 0 aromatic carbocycles. The van der Waals surface area contributed by atoms with E-state index in [1.54, 1.807) is 0 Å². The van der Waals surface area contributed by atoms with E-state index in [1.807, 2.05) is 0 Å². The van der Waals surface area contributed by atoms with Gasteiger partial charge in [-0.05, 0) is 0 Å². The largest absolute Gasteiger partial charge is 0.545 e. The number of hydrogen-bond donors (Lipinski definition) is 1. The summed E-state index contributed by atoms with van der Waals surface area (Å²) in [5.41, 5.74) is 0. The second kappa shape index (κ2) is 3.74. The maximum absolute atomic E-state index is 9.82. The maximum atomic E-state index is 9.82. The molecule has 0 aliphatic heterocycles. The molecule has 1 N–H and O–H groups in total. The smallest absolute Gasteiger partial charge is 0.358 e. The van der Waals surface area contributed by atoms with Crippen LogP contribution in [0.2, 0.25) is 0 Å². The van der Waals surface area contributed by atoms with Crippen LogP contribution in [0.5, 0.6) is 0 Å². The second-order valence-corrected chi connectivity index (χ2v) is 0.895. The summed E-state index contributed by atoms with van der Waals surface area (Å²) in [4.78, 5) is 9.82. The van der Waals surface area contributed by atoms with Crippen molar-refractivity contribution in [2.24, 2.45) is 0 Å². The van der Waals surface area contributed by atoms with Gasteiger partial charge in [-0.3, -0.25) is 4.79 Å². The van der Waals surface area contributed by atoms with E-state index >= 15 is 0 Å². The lowest BCUT2D eigenvalue weighted by Crippen LogP contribution is -2.10. The van der Waals surface area contributed by atoms with Gasteiger partial charge >= 0.3 is 7.37 Å². The topological polar surface area (TPSA) is 46.5 Å². The Kier molecular flexibility index (Phi) is 3.50. The molecule has 0 atom stereocenters. The van der Waals surface area contributed by atoms with Crippen molar-refractivity contribution in [3.05, 3.63) is 0 Å². The van der Waals surface area contributed by atoms with Crippen molar-refractivity contribution in [1.29, 1.82) is 0 Å². The molecule has 36 valence electrons. The van der Waals surface area contributed by atoms with Crippen LogP contribution in [-0.2, 0) is 9.45 Å². The lowest BCUT2D eigenvalue weighted by molar-refractivity contribution is -0.131. The predicted molar refractivity (Wildman–Crippen MR) is 25.5 cm³/mol. The van der Waals surface area contributed by atoms with Crippen LogP contribution < -0.4 is 0 Å². The summed E-state index contributed by atoms with van der Waals surface area (Å²) in [6.45, 7) is 1.25. The second-order valence-electron chi connectivity index (χ2n) is 0.895. The van der Waals surface area contributed by atoms with Crippen LogP contribution in [0.4, 0.5) is 0 Å². The van der Waals surface area contributed by atoms with Crippen molar-refractivity contribution in [2.45, 2.75) is 6.92 Å². The molecular formula is C2H4B2O3. The molecule has 5 heteroatoms. The number of hydrogen-bond acceptors (Lipinski definition) is 3. The van der Waals surface area contributed by atoms with E-state index in [4.69, 9.17) is 5.02 Å². The molecule has 0 aromatic rings. The molecule has 3 nitrogen and oxygen atoms in total. The third-order valence-electron chi connectivity index (χ3n) is 0.295. The zero-order chi connectivity index (χ0) is 5.70. The summed E-state index contributed by atoms with van der Waals surface area (Å²) in [7, 11) is 1.56. The molecule has 0 saturated carbocycles. The Morgan fingerprint density at radius 1 is 1.86 bits per heavy atom. The van der Waals surface area contributed by atoms with E-state index in [1.165, 1.54) is 6.92 Å². The molecular weight excluding hydrogens is 93.6 g/mol. The van der Waals surface area contributed by atoms with Crippen molar-refractivity contribution in [3.63, 3.8) is 0 Å². The highest BCUT2D eigenvalue weighted by molar-refractivity contribution is 6.93. The van der Waals surface area contributed by atoms with Gasteiger partial charge < -0.3 is 9.68 Å². The normalized spacial score (nSPS) is 7.14. The molecule has 0 aliphatic rings. The van der Waals surface area contributed by atoms with E-state index in [0.717, 1.165) is 7.37 Å². The van der Waals surface area contributed by atoms with Crippen LogP contribution in [-0.4, -0.2) is 25.7 Å². The van der Waals surface area contributed by atoms with E-state index in [-0.39, 0.29) is 0 Å². The fraction of sp³-hybridized carbons (Fsp3) is 0.500.